The van der Waals surface area contributed by atoms with Crippen molar-refractivity contribution in [1.82, 2.24) is 4.72 Å². The molecule has 0 amide bonds. The van der Waals surface area contributed by atoms with Gasteiger partial charge in [-0.1, -0.05) is 56.0 Å². The van der Waals surface area contributed by atoms with E-state index in [4.69, 9.17) is 0 Å². The number of aryl methyl sites for hydroxylation is 1. The zero-order chi connectivity index (χ0) is 15.2. The van der Waals surface area contributed by atoms with Crippen LogP contribution in [0.1, 0.15) is 44.1 Å². The highest BCUT2D eigenvalue weighted by atomic mass is 32.2. The second-order valence-corrected chi connectivity index (χ2v) is 7.94. The average Bonchev–Trinajstić information content (AvgIpc) is 2.70. The van der Waals surface area contributed by atoms with Gasteiger partial charge >= 0.3 is 0 Å². The van der Waals surface area contributed by atoms with Crippen LogP contribution in [0.15, 0.2) is 30.3 Å². The molecule has 1 aliphatic carbocycles. The van der Waals surface area contributed by atoms with E-state index in [0.29, 0.717) is 19.3 Å². The van der Waals surface area contributed by atoms with Crippen LogP contribution >= 0.6 is 0 Å². The van der Waals surface area contributed by atoms with Crippen LogP contribution in [0.25, 0.3) is 0 Å². The third kappa shape index (κ3) is 5.77. The summed E-state index contributed by atoms with van der Waals surface area (Å²) in [5.41, 5.74) is 0.145. The van der Waals surface area contributed by atoms with E-state index < -0.39 is 15.6 Å². The predicted molar refractivity (Wildman–Crippen MR) is 84.6 cm³/mol. The Morgan fingerprint density at radius 1 is 1.05 bits per heavy atom. The summed E-state index contributed by atoms with van der Waals surface area (Å²) in [6, 6.07) is 9.58. The summed E-state index contributed by atoms with van der Waals surface area (Å²) in [7, 11) is -3.34. The normalized spacial score (nSPS) is 19.1. The monoisotopic (exact) mass is 311 g/mol. The van der Waals surface area contributed by atoms with Gasteiger partial charge in [0.2, 0.25) is 10.0 Å². The van der Waals surface area contributed by atoms with Gasteiger partial charge in [-0.3, -0.25) is 0 Å². The molecule has 0 aliphatic heterocycles. The molecule has 0 spiro atoms. The molecule has 1 aliphatic rings. The van der Waals surface area contributed by atoms with Crippen molar-refractivity contribution in [3.8, 4) is 0 Å². The first-order chi connectivity index (χ1) is 9.99. The highest BCUT2D eigenvalue weighted by Crippen LogP contribution is 2.26. The molecule has 0 bridgehead atoms. The lowest BCUT2D eigenvalue weighted by molar-refractivity contribution is 0.0303. The standard InChI is InChI=1S/C16H25NO3S/c18-16(11-6-1-2-7-12-16)14-17-21(19,20)13-10-15-8-4-3-5-9-15/h3-5,8-9,17-18H,1-2,6-7,10-14H2. The number of hydrogen-bond donors (Lipinski definition) is 2. The van der Waals surface area contributed by atoms with Crippen molar-refractivity contribution in [3.05, 3.63) is 35.9 Å². The van der Waals surface area contributed by atoms with Crippen molar-refractivity contribution in [2.24, 2.45) is 0 Å². The topological polar surface area (TPSA) is 66.4 Å². The van der Waals surface area contributed by atoms with Crippen molar-refractivity contribution in [2.45, 2.75) is 50.5 Å². The highest BCUT2D eigenvalue weighted by Gasteiger charge is 2.29. The molecular weight excluding hydrogens is 286 g/mol. The minimum atomic E-state index is -3.34. The Morgan fingerprint density at radius 3 is 2.29 bits per heavy atom. The van der Waals surface area contributed by atoms with Gasteiger partial charge in [0.25, 0.3) is 0 Å². The van der Waals surface area contributed by atoms with Crippen LogP contribution in [0.4, 0.5) is 0 Å². The molecule has 1 saturated carbocycles. The van der Waals surface area contributed by atoms with E-state index in [1.807, 2.05) is 30.3 Å². The van der Waals surface area contributed by atoms with Crippen LogP contribution in [0.5, 0.6) is 0 Å². The second-order valence-electron chi connectivity index (χ2n) is 6.01. The third-order valence-corrected chi connectivity index (χ3v) is 5.48. The van der Waals surface area contributed by atoms with Crippen LogP contribution in [-0.2, 0) is 16.4 Å². The van der Waals surface area contributed by atoms with Crippen LogP contribution < -0.4 is 4.72 Å². The maximum absolute atomic E-state index is 12.1. The molecule has 0 aromatic heterocycles. The summed E-state index contributed by atoms with van der Waals surface area (Å²) in [6.45, 7) is 0.143. The molecule has 118 valence electrons. The maximum atomic E-state index is 12.1. The minimum absolute atomic E-state index is 0.0626. The molecule has 0 atom stereocenters. The molecule has 1 aromatic rings. The van der Waals surface area contributed by atoms with Gasteiger partial charge < -0.3 is 5.11 Å². The zero-order valence-corrected chi connectivity index (χ0v) is 13.2. The van der Waals surface area contributed by atoms with Gasteiger partial charge in [0.05, 0.1) is 11.4 Å². The smallest absolute Gasteiger partial charge is 0.212 e. The molecule has 2 N–H and O–H groups in total. The van der Waals surface area contributed by atoms with Crippen molar-refractivity contribution in [2.75, 3.05) is 12.3 Å². The number of nitrogens with one attached hydrogen (secondary N) is 1. The fourth-order valence-corrected chi connectivity index (χ4v) is 3.91. The Hall–Kier alpha value is -0.910. The van der Waals surface area contributed by atoms with Gasteiger partial charge in [-0.05, 0) is 24.8 Å². The van der Waals surface area contributed by atoms with Crippen LogP contribution in [0.2, 0.25) is 0 Å². The fourth-order valence-electron chi connectivity index (χ4n) is 2.78. The largest absolute Gasteiger partial charge is 0.389 e. The number of benzene rings is 1. The van der Waals surface area contributed by atoms with E-state index in [-0.39, 0.29) is 12.3 Å². The number of aliphatic hydroxyl groups is 1. The molecule has 2 rings (SSSR count). The van der Waals surface area contributed by atoms with Crippen LogP contribution in [0, 0.1) is 0 Å². The van der Waals surface area contributed by atoms with Crippen molar-refractivity contribution in [3.63, 3.8) is 0 Å². The molecular formula is C16H25NO3S. The first kappa shape index (κ1) is 16.5. The maximum Gasteiger partial charge on any atom is 0.212 e. The van der Waals surface area contributed by atoms with Gasteiger partial charge in [0.15, 0.2) is 0 Å². The molecule has 0 unspecified atom stereocenters. The summed E-state index contributed by atoms with van der Waals surface area (Å²) >= 11 is 0. The quantitative estimate of drug-likeness (QED) is 0.792. The summed E-state index contributed by atoms with van der Waals surface area (Å²) in [6.07, 6.45) is 6.08. The van der Waals surface area contributed by atoms with Gasteiger partial charge in [-0.15, -0.1) is 0 Å². The Bertz CT molecular complexity index is 520. The van der Waals surface area contributed by atoms with Crippen molar-refractivity contribution < 1.29 is 13.5 Å². The zero-order valence-electron chi connectivity index (χ0n) is 12.4. The van der Waals surface area contributed by atoms with Crippen molar-refractivity contribution in [1.29, 1.82) is 0 Å². The fraction of sp³-hybridized carbons (Fsp3) is 0.625. The Balaban J connectivity index is 1.83. The first-order valence-electron chi connectivity index (χ1n) is 7.73. The Labute approximate surface area is 127 Å². The lowest BCUT2D eigenvalue weighted by atomic mass is 9.95. The second kappa shape index (κ2) is 7.38. The molecule has 0 radical (unpaired) electrons. The van der Waals surface area contributed by atoms with Crippen molar-refractivity contribution >= 4 is 10.0 Å². The van der Waals surface area contributed by atoms with E-state index >= 15 is 0 Å². The summed E-state index contributed by atoms with van der Waals surface area (Å²) in [5, 5.41) is 10.5. The average molecular weight is 311 g/mol. The van der Waals surface area contributed by atoms with E-state index in [1.165, 1.54) is 0 Å². The van der Waals surface area contributed by atoms with E-state index in [0.717, 1.165) is 31.2 Å². The third-order valence-electron chi connectivity index (χ3n) is 4.16. The molecule has 0 saturated heterocycles. The molecule has 1 fully saturated rings. The molecule has 21 heavy (non-hydrogen) atoms. The van der Waals surface area contributed by atoms with Gasteiger partial charge in [0.1, 0.15) is 0 Å². The number of sulfonamides is 1. The predicted octanol–water partition coefficient (Wildman–Crippen LogP) is 2.23. The SMILES string of the molecule is O=S(=O)(CCc1ccccc1)NCC1(O)CCCCCC1. The summed E-state index contributed by atoms with van der Waals surface area (Å²) in [5.74, 6) is 0.0626. The summed E-state index contributed by atoms with van der Waals surface area (Å²) < 4.78 is 26.7. The number of rotatable bonds is 6. The first-order valence-corrected chi connectivity index (χ1v) is 9.38. The van der Waals surface area contributed by atoms with Gasteiger partial charge in [-0.2, -0.15) is 0 Å². The van der Waals surface area contributed by atoms with E-state index in [1.54, 1.807) is 0 Å². The minimum Gasteiger partial charge on any atom is -0.389 e. The lowest BCUT2D eigenvalue weighted by Gasteiger charge is -2.26. The number of hydrogen-bond acceptors (Lipinski definition) is 3. The Kier molecular flexibility index (Phi) is 5.79. The Morgan fingerprint density at radius 2 is 1.67 bits per heavy atom. The lowest BCUT2D eigenvalue weighted by Crippen LogP contribution is -2.43. The van der Waals surface area contributed by atoms with Crippen LogP contribution in [0.3, 0.4) is 0 Å². The highest BCUT2D eigenvalue weighted by molar-refractivity contribution is 7.89. The molecule has 4 nitrogen and oxygen atoms in total. The molecule has 0 heterocycles. The van der Waals surface area contributed by atoms with Gasteiger partial charge in [0, 0.05) is 6.54 Å². The van der Waals surface area contributed by atoms with Gasteiger partial charge in [-0.25, -0.2) is 13.1 Å². The molecule has 1 aromatic carbocycles. The van der Waals surface area contributed by atoms with Crippen LogP contribution in [-0.4, -0.2) is 31.4 Å². The summed E-state index contributed by atoms with van der Waals surface area (Å²) in [4.78, 5) is 0. The van der Waals surface area contributed by atoms with E-state index in [2.05, 4.69) is 4.72 Å². The van der Waals surface area contributed by atoms with E-state index in [9.17, 15) is 13.5 Å². The molecule has 5 heteroatoms.